The van der Waals surface area contributed by atoms with Crippen LogP contribution in [0.25, 0.3) is 94.5 Å². The Morgan fingerprint density at radius 2 is 1.04 bits per heavy atom. The van der Waals surface area contributed by atoms with Crippen LogP contribution in [0.2, 0.25) is 0 Å². The van der Waals surface area contributed by atoms with Crippen LogP contribution in [-0.4, -0.2) is 19.5 Å². The van der Waals surface area contributed by atoms with E-state index in [2.05, 4.69) is 162 Å². The average molecular weight is 731 g/mol. The molecule has 0 aliphatic heterocycles. The fraction of sp³-hybridized carbons (Fsp3) is 0.0192. The largest absolute Gasteiger partial charge is 0.456 e. The van der Waals surface area contributed by atoms with Crippen LogP contribution >= 0.6 is 0 Å². The van der Waals surface area contributed by atoms with Gasteiger partial charge in [0.05, 0.1) is 11.0 Å². The summed E-state index contributed by atoms with van der Waals surface area (Å²) in [5.41, 5.74) is 12.8. The first-order valence-corrected chi connectivity index (χ1v) is 19.2. The third kappa shape index (κ3) is 5.76. The molecule has 5 heteroatoms. The summed E-state index contributed by atoms with van der Waals surface area (Å²) in [4.78, 5) is 15.3. The van der Waals surface area contributed by atoms with E-state index in [4.69, 9.17) is 19.4 Å². The van der Waals surface area contributed by atoms with E-state index in [1.54, 1.807) is 0 Å². The summed E-state index contributed by atoms with van der Waals surface area (Å²) in [6.07, 6.45) is 0.519. The highest BCUT2D eigenvalue weighted by Gasteiger charge is 2.19. The summed E-state index contributed by atoms with van der Waals surface area (Å²) in [6.45, 7) is 0. The third-order valence-corrected chi connectivity index (χ3v) is 10.9. The summed E-state index contributed by atoms with van der Waals surface area (Å²) in [6, 6.07) is 67.8. The van der Waals surface area contributed by atoms with Crippen molar-refractivity contribution in [3.05, 3.63) is 206 Å². The third-order valence-electron chi connectivity index (χ3n) is 10.9. The van der Waals surface area contributed by atoms with Crippen molar-refractivity contribution in [2.75, 3.05) is 0 Å². The lowest BCUT2D eigenvalue weighted by molar-refractivity contribution is 0.669. The molecule has 57 heavy (non-hydrogen) atoms. The Bertz CT molecular complexity index is 3270. The maximum Gasteiger partial charge on any atom is 0.163 e. The molecule has 3 heterocycles. The summed E-state index contributed by atoms with van der Waals surface area (Å²) in [5.74, 6) is 2.02. The Morgan fingerprint density at radius 3 is 1.89 bits per heavy atom. The van der Waals surface area contributed by atoms with Gasteiger partial charge in [0.2, 0.25) is 0 Å². The molecule has 268 valence electrons. The van der Waals surface area contributed by atoms with Crippen molar-refractivity contribution in [3.8, 4) is 50.7 Å². The van der Waals surface area contributed by atoms with E-state index in [0.717, 1.165) is 77.6 Å². The van der Waals surface area contributed by atoms with E-state index in [1.807, 2.05) is 36.4 Å². The summed E-state index contributed by atoms with van der Waals surface area (Å²) in [7, 11) is 0. The molecule has 0 amide bonds. The molecule has 0 unspecified atom stereocenters. The van der Waals surface area contributed by atoms with Gasteiger partial charge in [-0.1, -0.05) is 152 Å². The fourth-order valence-corrected chi connectivity index (χ4v) is 8.28. The Balaban J connectivity index is 1.05. The molecule has 0 atom stereocenters. The van der Waals surface area contributed by atoms with Crippen LogP contribution in [0.5, 0.6) is 0 Å². The number of benzene rings is 8. The SMILES string of the molecule is c1ccc(-c2cccc(-c3nc(Cc4ccccc4-n4c5ccccc5c5cc(-c6cccc7oc8ccccc8c67)ccc54)nc(-c4ccccc4)n3)c2)cc1. The zero-order chi connectivity index (χ0) is 37.7. The van der Waals surface area contributed by atoms with E-state index in [1.165, 1.54) is 10.8 Å². The molecule has 0 spiro atoms. The van der Waals surface area contributed by atoms with E-state index in [0.29, 0.717) is 23.9 Å². The first-order chi connectivity index (χ1) is 28.2. The summed E-state index contributed by atoms with van der Waals surface area (Å²) in [5, 5.41) is 4.65. The highest BCUT2D eigenvalue weighted by atomic mass is 16.3. The number of fused-ring (bicyclic) bond motifs is 6. The second-order valence-corrected chi connectivity index (χ2v) is 14.4. The predicted octanol–water partition coefficient (Wildman–Crippen LogP) is 13.1. The minimum absolute atomic E-state index is 0.519. The molecule has 0 aliphatic carbocycles. The second kappa shape index (κ2) is 13.6. The molecule has 5 nitrogen and oxygen atoms in total. The number of furan rings is 1. The highest BCUT2D eigenvalue weighted by Crippen LogP contribution is 2.40. The Labute approximate surface area is 329 Å². The zero-order valence-corrected chi connectivity index (χ0v) is 30.9. The van der Waals surface area contributed by atoms with Crippen LogP contribution in [-0.2, 0) is 6.42 Å². The van der Waals surface area contributed by atoms with Crippen molar-refractivity contribution in [3.63, 3.8) is 0 Å². The van der Waals surface area contributed by atoms with Gasteiger partial charge in [0.1, 0.15) is 17.0 Å². The van der Waals surface area contributed by atoms with Crippen molar-refractivity contribution in [1.29, 1.82) is 0 Å². The van der Waals surface area contributed by atoms with Gasteiger partial charge in [0.15, 0.2) is 11.6 Å². The molecule has 8 aromatic carbocycles. The molecule has 0 fully saturated rings. The minimum atomic E-state index is 0.519. The molecule has 11 rings (SSSR count). The number of para-hydroxylation sites is 3. The maximum atomic E-state index is 6.27. The van der Waals surface area contributed by atoms with Crippen molar-refractivity contribution >= 4 is 43.7 Å². The smallest absolute Gasteiger partial charge is 0.163 e. The molecule has 3 aromatic heterocycles. The average Bonchev–Trinajstić information content (AvgIpc) is 3.83. The zero-order valence-electron chi connectivity index (χ0n) is 30.9. The minimum Gasteiger partial charge on any atom is -0.456 e. The number of nitrogens with zero attached hydrogens (tertiary/aromatic N) is 4. The van der Waals surface area contributed by atoms with E-state index in [9.17, 15) is 0 Å². The standard InChI is InChI=1S/C52H34N4O/c1-3-15-34(16-4-1)36-20-13-21-39(31-36)52-54-49(53-51(55-52)35-17-5-2-6-18-35)33-38-19-7-10-25-44(38)56-45-26-11-8-22-41(45)43-32-37(29-30-46(43)56)40-24-14-28-48-50(40)42-23-9-12-27-47(42)57-48/h1-32H,33H2. The molecule has 0 saturated heterocycles. The highest BCUT2D eigenvalue weighted by molar-refractivity contribution is 6.15. The lowest BCUT2D eigenvalue weighted by Gasteiger charge is -2.14. The summed E-state index contributed by atoms with van der Waals surface area (Å²) < 4.78 is 8.66. The normalized spacial score (nSPS) is 11.6. The number of hydrogen-bond acceptors (Lipinski definition) is 4. The van der Waals surface area contributed by atoms with Gasteiger partial charge >= 0.3 is 0 Å². The fourth-order valence-electron chi connectivity index (χ4n) is 8.28. The van der Waals surface area contributed by atoms with Gasteiger partial charge < -0.3 is 8.98 Å². The van der Waals surface area contributed by atoms with Crippen LogP contribution < -0.4 is 0 Å². The van der Waals surface area contributed by atoms with Gasteiger partial charge in [-0.2, -0.15) is 0 Å². The lowest BCUT2D eigenvalue weighted by Crippen LogP contribution is -2.06. The maximum absolute atomic E-state index is 6.27. The van der Waals surface area contributed by atoms with E-state index >= 15 is 0 Å². The van der Waals surface area contributed by atoms with Crippen LogP contribution in [0.1, 0.15) is 11.4 Å². The first kappa shape index (κ1) is 32.8. The van der Waals surface area contributed by atoms with Gasteiger partial charge in [0, 0.05) is 44.8 Å². The molecule has 0 aliphatic rings. The molecule has 11 aromatic rings. The van der Waals surface area contributed by atoms with Gasteiger partial charge in [-0.15, -0.1) is 0 Å². The van der Waals surface area contributed by atoms with Crippen molar-refractivity contribution in [2.45, 2.75) is 6.42 Å². The van der Waals surface area contributed by atoms with Crippen LogP contribution in [0.15, 0.2) is 199 Å². The van der Waals surface area contributed by atoms with Crippen molar-refractivity contribution in [1.82, 2.24) is 19.5 Å². The van der Waals surface area contributed by atoms with Gasteiger partial charge in [0.25, 0.3) is 0 Å². The van der Waals surface area contributed by atoms with Crippen LogP contribution in [0.3, 0.4) is 0 Å². The molecule has 0 N–H and O–H groups in total. The van der Waals surface area contributed by atoms with E-state index in [-0.39, 0.29) is 0 Å². The second-order valence-electron chi connectivity index (χ2n) is 14.4. The van der Waals surface area contributed by atoms with Crippen molar-refractivity contribution in [2.24, 2.45) is 0 Å². The quantitative estimate of drug-likeness (QED) is 0.164. The molecule has 0 radical (unpaired) electrons. The predicted molar refractivity (Wildman–Crippen MR) is 232 cm³/mol. The summed E-state index contributed by atoms with van der Waals surface area (Å²) >= 11 is 0. The molecule has 0 bridgehead atoms. The van der Waals surface area contributed by atoms with Crippen LogP contribution in [0, 0.1) is 0 Å². The monoisotopic (exact) mass is 730 g/mol. The number of aromatic nitrogens is 4. The number of hydrogen-bond donors (Lipinski definition) is 0. The van der Waals surface area contributed by atoms with Gasteiger partial charge in [-0.25, -0.2) is 15.0 Å². The topological polar surface area (TPSA) is 56.7 Å². The van der Waals surface area contributed by atoms with Gasteiger partial charge in [-0.05, 0) is 70.3 Å². The first-order valence-electron chi connectivity index (χ1n) is 19.2. The molecular formula is C52H34N4O. The molecular weight excluding hydrogens is 697 g/mol. The lowest BCUT2D eigenvalue weighted by atomic mass is 9.98. The Hall–Kier alpha value is -7.63. The number of rotatable bonds is 7. The van der Waals surface area contributed by atoms with Crippen molar-refractivity contribution < 1.29 is 4.42 Å². The van der Waals surface area contributed by atoms with Crippen LogP contribution in [0.4, 0.5) is 0 Å². The molecule has 0 saturated carbocycles. The Kier molecular flexibility index (Phi) is 7.81. The van der Waals surface area contributed by atoms with E-state index < -0.39 is 0 Å². The van der Waals surface area contributed by atoms with Gasteiger partial charge in [-0.3, -0.25) is 0 Å². The Morgan fingerprint density at radius 1 is 0.404 bits per heavy atom.